The van der Waals surface area contributed by atoms with Crippen molar-refractivity contribution in [2.45, 2.75) is 6.42 Å². The third kappa shape index (κ3) is 4.10. The molecule has 0 fully saturated rings. The van der Waals surface area contributed by atoms with E-state index in [9.17, 15) is 14.0 Å². The number of hydrogen-bond acceptors (Lipinski definition) is 3. The van der Waals surface area contributed by atoms with Gasteiger partial charge in [-0.1, -0.05) is 12.1 Å². The van der Waals surface area contributed by atoms with E-state index in [0.29, 0.717) is 13.0 Å². The Bertz CT molecular complexity index is 673. The molecule has 2 aromatic rings. The summed E-state index contributed by atoms with van der Waals surface area (Å²) in [5.41, 5.74) is 1.15. The number of carbonyl (C=O) groups is 2. The topological polar surface area (TPSA) is 79.3 Å². The number of pyridine rings is 1. The third-order valence-electron chi connectivity index (χ3n) is 2.84. The van der Waals surface area contributed by atoms with Gasteiger partial charge < -0.3 is 10.4 Å². The molecule has 6 heteroatoms. The second kappa shape index (κ2) is 6.60. The van der Waals surface area contributed by atoms with Gasteiger partial charge in [0, 0.05) is 12.7 Å². The monoisotopic (exact) mass is 288 g/mol. The van der Waals surface area contributed by atoms with Crippen LogP contribution in [0.5, 0.6) is 0 Å². The van der Waals surface area contributed by atoms with Crippen LogP contribution in [0.4, 0.5) is 4.39 Å². The molecule has 2 rings (SSSR count). The highest BCUT2D eigenvalue weighted by Gasteiger charge is 2.07. The molecule has 2 N–H and O–H groups in total. The zero-order valence-electron chi connectivity index (χ0n) is 11.0. The van der Waals surface area contributed by atoms with Crippen molar-refractivity contribution in [1.82, 2.24) is 10.3 Å². The molecule has 0 atom stereocenters. The molecule has 108 valence electrons. The number of aromatic nitrogens is 1. The fraction of sp³-hybridized carbons (Fsp3) is 0.133. The molecule has 21 heavy (non-hydrogen) atoms. The number of carboxylic acid groups (broad SMARTS) is 1. The summed E-state index contributed by atoms with van der Waals surface area (Å²) in [6, 6.07) is 7.59. The van der Waals surface area contributed by atoms with Crippen LogP contribution < -0.4 is 5.32 Å². The first-order chi connectivity index (χ1) is 10.1. The summed E-state index contributed by atoms with van der Waals surface area (Å²) in [6.45, 7) is 0.318. The largest absolute Gasteiger partial charge is 0.478 e. The van der Waals surface area contributed by atoms with Gasteiger partial charge in [0.25, 0.3) is 5.91 Å². The molecular formula is C15H13FN2O3. The van der Waals surface area contributed by atoms with E-state index in [2.05, 4.69) is 10.3 Å². The standard InChI is InChI=1S/C15H13FN2O3/c16-13-7-12(8-17-9-13)14(19)18-5-4-10-2-1-3-11(6-10)15(20)21/h1-3,6-9H,4-5H2,(H,18,19)(H,20,21). The Labute approximate surface area is 120 Å². The van der Waals surface area contributed by atoms with Gasteiger partial charge in [0.05, 0.1) is 17.3 Å². The maximum Gasteiger partial charge on any atom is 0.335 e. The van der Waals surface area contributed by atoms with Gasteiger partial charge in [-0.05, 0) is 30.2 Å². The average molecular weight is 288 g/mol. The predicted octanol–water partition coefficient (Wildman–Crippen LogP) is 1.89. The Balaban J connectivity index is 1.91. The molecule has 0 radical (unpaired) electrons. The lowest BCUT2D eigenvalue weighted by Gasteiger charge is -2.06. The minimum atomic E-state index is -0.994. The van der Waals surface area contributed by atoms with Crippen molar-refractivity contribution in [3.05, 3.63) is 65.2 Å². The number of aromatic carboxylic acids is 1. The van der Waals surface area contributed by atoms with E-state index in [-0.39, 0.29) is 11.1 Å². The summed E-state index contributed by atoms with van der Waals surface area (Å²) in [7, 11) is 0. The minimum Gasteiger partial charge on any atom is -0.478 e. The van der Waals surface area contributed by atoms with Gasteiger partial charge in [-0.25, -0.2) is 9.18 Å². The summed E-state index contributed by atoms with van der Waals surface area (Å²) in [6.07, 6.45) is 2.78. The second-order valence-electron chi connectivity index (χ2n) is 4.40. The van der Waals surface area contributed by atoms with Crippen molar-refractivity contribution in [2.75, 3.05) is 6.54 Å². The second-order valence-corrected chi connectivity index (χ2v) is 4.40. The van der Waals surface area contributed by atoms with E-state index >= 15 is 0 Å². The van der Waals surface area contributed by atoms with E-state index in [1.165, 1.54) is 12.3 Å². The quantitative estimate of drug-likeness (QED) is 0.880. The molecule has 1 aromatic heterocycles. The van der Waals surface area contributed by atoms with Gasteiger partial charge in [0.1, 0.15) is 5.82 Å². The van der Waals surface area contributed by atoms with Crippen LogP contribution in [0.3, 0.4) is 0 Å². The number of rotatable bonds is 5. The van der Waals surface area contributed by atoms with Crippen LogP contribution in [0.25, 0.3) is 0 Å². The normalized spacial score (nSPS) is 10.1. The third-order valence-corrected chi connectivity index (χ3v) is 2.84. The lowest BCUT2D eigenvalue weighted by atomic mass is 10.1. The Morgan fingerprint density at radius 1 is 1.19 bits per heavy atom. The molecule has 0 saturated heterocycles. The van der Waals surface area contributed by atoms with Crippen LogP contribution in [0.2, 0.25) is 0 Å². The van der Waals surface area contributed by atoms with Gasteiger partial charge in [0.15, 0.2) is 0 Å². The molecule has 5 nitrogen and oxygen atoms in total. The fourth-order valence-electron chi connectivity index (χ4n) is 1.82. The van der Waals surface area contributed by atoms with E-state index in [4.69, 9.17) is 5.11 Å². The molecule has 0 aliphatic rings. The highest BCUT2D eigenvalue weighted by atomic mass is 19.1. The number of carboxylic acids is 1. The molecule has 1 aromatic carbocycles. The van der Waals surface area contributed by atoms with Crippen LogP contribution in [0.15, 0.2) is 42.7 Å². The molecule has 1 heterocycles. The van der Waals surface area contributed by atoms with Crippen molar-refractivity contribution in [3.8, 4) is 0 Å². The zero-order chi connectivity index (χ0) is 15.2. The Hall–Kier alpha value is -2.76. The van der Waals surface area contributed by atoms with Crippen molar-refractivity contribution < 1.29 is 19.1 Å². The molecule has 1 amide bonds. The summed E-state index contributed by atoms with van der Waals surface area (Å²) < 4.78 is 12.9. The Kier molecular flexibility index (Phi) is 4.61. The van der Waals surface area contributed by atoms with Gasteiger partial charge in [-0.3, -0.25) is 9.78 Å². The van der Waals surface area contributed by atoms with E-state index in [1.54, 1.807) is 18.2 Å². The van der Waals surface area contributed by atoms with Crippen molar-refractivity contribution in [1.29, 1.82) is 0 Å². The van der Waals surface area contributed by atoms with E-state index in [0.717, 1.165) is 17.8 Å². The molecule has 0 bridgehead atoms. The first-order valence-corrected chi connectivity index (χ1v) is 6.27. The molecule has 0 saturated carbocycles. The number of carbonyl (C=O) groups excluding carboxylic acids is 1. The van der Waals surface area contributed by atoms with Gasteiger partial charge in [-0.15, -0.1) is 0 Å². The van der Waals surface area contributed by atoms with Crippen molar-refractivity contribution in [2.24, 2.45) is 0 Å². The lowest BCUT2D eigenvalue weighted by Crippen LogP contribution is -2.26. The van der Waals surface area contributed by atoms with E-state index < -0.39 is 17.7 Å². The number of amides is 1. The van der Waals surface area contributed by atoms with Crippen LogP contribution in [-0.4, -0.2) is 28.5 Å². The van der Waals surface area contributed by atoms with Crippen LogP contribution >= 0.6 is 0 Å². The Morgan fingerprint density at radius 2 is 2.00 bits per heavy atom. The first kappa shape index (κ1) is 14.6. The molecule has 0 aliphatic heterocycles. The number of benzene rings is 1. The summed E-state index contributed by atoms with van der Waals surface area (Å²) in [5.74, 6) is -1.99. The fourth-order valence-corrected chi connectivity index (χ4v) is 1.82. The predicted molar refractivity (Wildman–Crippen MR) is 73.6 cm³/mol. The smallest absolute Gasteiger partial charge is 0.335 e. The SMILES string of the molecule is O=C(O)c1cccc(CCNC(=O)c2cncc(F)c2)c1. The first-order valence-electron chi connectivity index (χ1n) is 6.27. The molecule has 0 aliphatic carbocycles. The van der Waals surface area contributed by atoms with Gasteiger partial charge in [0.2, 0.25) is 0 Å². The van der Waals surface area contributed by atoms with Gasteiger partial charge in [-0.2, -0.15) is 0 Å². The maximum atomic E-state index is 12.9. The highest BCUT2D eigenvalue weighted by molar-refractivity contribution is 5.93. The molecule has 0 spiro atoms. The van der Waals surface area contributed by atoms with Crippen molar-refractivity contribution >= 4 is 11.9 Å². The number of hydrogen-bond donors (Lipinski definition) is 2. The average Bonchev–Trinajstić information content (AvgIpc) is 2.47. The summed E-state index contributed by atoms with van der Waals surface area (Å²) in [4.78, 5) is 26.2. The van der Waals surface area contributed by atoms with Crippen molar-refractivity contribution in [3.63, 3.8) is 0 Å². The number of nitrogens with one attached hydrogen (secondary N) is 1. The maximum absolute atomic E-state index is 12.9. The highest BCUT2D eigenvalue weighted by Crippen LogP contribution is 2.06. The van der Waals surface area contributed by atoms with Gasteiger partial charge >= 0.3 is 5.97 Å². The van der Waals surface area contributed by atoms with Crippen LogP contribution in [0, 0.1) is 5.82 Å². The number of halogens is 1. The molecule has 0 unspecified atom stereocenters. The van der Waals surface area contributed by atoms with E-state index in [1.807, 2.05) is 0 Å². The Morgan fingerprint density at radius 3 is 2.71 bits per heavy atom. The van der Waals surface area contributed by atoms with Crippen LogP contribution in [0.1, 0.15) is 26.3 Å². The zero-order valence-corrected chi connectivity index (χ0v) is 11.0. The molecular weight excluding hydrogens is 275 g/mol. The van der Waals surface area contributed by atoms with Crippen LogP contribution in [-0.2, 0) is 6.42 Å². The summed E-state index contributed by atoms with van der Waals surface area (Å²) in [5, 5.41) is 11.5. The lowest BCUT2D eigenvalue weighted by molar-refractivity contribution is 0.0696. The minimum absolute atomic E-state index is 0.147. The number of nitrogens with zero attached hydrogens (tertiary/aromatic N) is 1. The summed E-state index contributed by atoms with van der Waals surface area (Å²) >= 11 is 0.